The van der Waals surface area contributed by atoms with Gasteiger partial charge < -0.3 is 9.15 Å². The van der Waals surface area contributed by atoms with Gasteiger partial charge in [-0.05, 0) is 36.2 Å². The van der Waals surface area contributed by atoms with Crippen LogP contribution in [0.2, 0.25) is 0 Å². The van der Waals surface area contributed by atoms with Gasteiger partial charge in [-0.25, -0.2) is 0 Å². The summed E-state index contributed by atoms with van der Waals surface area (Å²) in [5.74, 6) is 2.03. The number of methoxy groups -OCH3 is 1. The summed E-state index contributed by atoms with van der Waals surface area (Å²) in [5, 5.41) is 0. The first kappa shape index (κ1) is 11.5. The lowest BCUT2D eigenvalue weighted by atomic mass is 10.1. The van der Waals surface area contributed by atoms with Gasteiger partial charge in [0.1, 0.15) is 11.5 Å². The van der Waals surface area contributed by atoms with Crippen molar-refractivity contribution in [3.05, 3.63) is 53.0 Å². The minimum Gasteiger partial charge on any atom is -0.496 e. The van der Waals surface area contributed by atoms with E-state index in [0.29, 0.717) is 18.5 Å². The van der Waals surface area contributed by atoms with E-state index in [1.165, 1.54) is 0 Å². The van der Waals surface area contributed by atoms with Crippen molar-refractivity contribution in [2.24, 2.45) is 0 Å². The lowest BCUT2D eigenvalue weighted by Crippen LogP contribution is -1.91. The molecule has 0 spiro atoms. The summed E-state index contributed by atoms with van der Waals surface area (Å²) in [6, 6.07) is 9.49. The molecule has 0 amide bonds. The lowest BCUT2D eigenvalue weighted by Gasteiger charge is -2.06. The Morgan fingerprint density at radius 1 is 1.29 bits per heavy atom. The van der Waals surface area contributed by atoms with Crippen molar-refractivity contribution in [1.29, 1.82) is 0 Å². The summed E-state index contributed by atoms with van der Waals surface area (Å²) in [7, 11) is 1.66. The molecule has 3 heteroatoms. The van der Waals surface area contributed by atoms with Crippen molar-refractivity contribution in [2.75, 3.05) is 7.11 Å². The van der Waals surface area contributed by atoms with Gasteiger partial charge in [-0.15, -0.1) is 0 Å². The van der Waals surface area contributed by atoms with Gasteiger partial charge in [-0.3, -0.25) is 4.79 Å². The summed E-state index contributed by atoms with van der Waals surface area (Å²) >= 11 is 0. The van der Waals surface area contributed by atoms with Crippen molar-refractivity contribution in [2.45, 2.75) is 13.3 Å². The number of furan rings is 1. The zero-order valence-corrected chi connectivity index (χ0v) is 9.90. The molecule has 1 heterocycles. The van der Waals surface area contributed by atoms with Crippen LogP contribution < -0.4 is 4.74 Å². The zero-order valence-electron chi connectivity index (χ0n) is 9.90. The molecule has 3 nitrogen and oxygen atoms in total. The van der Waals surface area contributed by atoms with Gasteiger partial charge in [-0.1, -0.05) is 12.1 Å². The predicted octanol–water partition coefficient (Wildman–Crippen LogP) is 3.00. The van der Waals surface area contributed by atoms with E-state index in [4.69, 9.17) is 9.15 Å². The fraction of sp³-hybridized carbons (Fsp3) is 0.214. The average molecular weight is 230 g/mol. The molecule has 0 saturated carbocycles. The molecule has 0 aliphatic heterocycles. The van der Waals surface area contributed by atoms with Crippen molar-refractivity contribution in [1.82, 2.24) is 0 Å². The number of aldehydes is 1. The fourth-order valence-corrected chi connectivity index (χ4v) is 1.80. The van der Waals surface area contributed by atoms with Gasteiger partial charge >= 0.3 is 0 Å². The van der Waals surface area contributed by atoms with Crippen LogP contribution in [0.4, 0.5) is 0 Å². The maximum Gasteiger partial charge on any atom is 0.185 e. The third-order valence-corrected chi connectivity index (χ3v) is 2.64. The molecule has 2 aromatic rings. The van der Waals surface area contributed by atoms with E-state index in [2.05, 4.69) is 6.07 Å². The Hall–Kier alpha value is -2.03. The van der Waals surface area contributed by atoms with Gasteiger partial charge in [-0.2, -0.15) is 0 Å². The molecule has 0 aliphatic rings. The number of aryl methyl sites for hydroxylation is 1. The second kappa shape index (κ2) is 4.87. The maximum absolute atomic E-state index is 10.5. The van der Waals surface area contributed by atoms with Crippen LogP contribution in [-0.4, -0.2) is 13.4 Å². The van der Waals surface area contributed by atoms with Crippen LogP contribution >= 0.6 is 0 Å². The Labute approximate surface area is 100 Å². The summed E-state index contributed by atoms with van der Waals surface area (Å²) in [6.45, 7) is 2.00. The first-order valence-corrected chi connectivity index (χ1v) is 5.40. The highest BCUT2D eigenvalue weighted by Gasteiger charge is 2.04. The summed E-state index contributed by atoms with van der Waals surface area (Å²) in [6.07, 6.45) is 1.39. The summed E-state index contributed by atoms with van der Waals surface area (Å²) < 4.78 is 10.5. The number of benzene rings is 1. The molecule has 0 fully saturated rings. The Kier molecular flexibility index (Phi) is 3.28. The second-order valence-electron chi connectivity index (χ2n) is 3.90. The Bertz CT molecular complexity index is 526. The van der Waals surface area contributed by atoms with Gasteiger partial charge in [0.05, 0.1) is 7.11 Å². The third-order valence-electron chi connectivity index (χ3n) is 2.64. The van der Waals surface area contributed by atoms with Crippen LogP contribution in [0.3, 0.4) is 0 Å². The van der Waals surface area contributed by atoms with Crippen LogP contribution in [0.15, 0.2) is 34.7 Å². The fourth-order valence-electron chi connectivity index (χ4n) is 1.80. The summed E-state index contributed by atoms with van der Waals surface area (Å²) in [4.78, 5) is 10.5. The van der Waals surface area contributed by atoms with Gasteiger partial charge in [0, 0.05) is 6.42 Å². The first-order chi connectivity index (χ1) is 8.22. The standard InChI is InChI=1S/C14H14O3/c1-10-7-11(3-6-14(10)16-2)8-12-4-5-13(9-15)17-12/h3-7,9H,8H2,1-2H3. The topological polar surface area (TPSA) is 39.4 Å². The van der Waals surface area contributed by atoms with E-state index in [-0.39, 0.29) is 0 Å². The average Bonchev–Trinajstić information content (AvgIpc) is 2.77. The SMILES string of the molecule is COc1ccc(Cc2ccc(C=O)o2)cc1C. The van der Waals surface area contributed by atoms with Gasteiger partial charge in [0.2, 0.25) is 0 Å². The zero-order chi connectivity index (χ0) is 12.3. The highest BCUT2D eigenvalue weighted by Crippen LogP contribution is 2.20. The van der Waals surface area contributed by atoms with E-state index >= 15 is 0 Å². The largest absolute Gasteiger partial charge is 0.496 e. The molecule has 17 heavy (non-hydrogen) atoms. The molecular formula is C14H14O3. The van der Waals surface area contributed by atoms with Crippen molar-refractivity contribution < 1.29 is 13.9 Å². The number of rotatable bonds is 4. The number of hydrogen-bond acceptors (Lipinski definition) is 3. The van der Waals surface area contributed by atoms with E-state index in [9.17, 15) is 4.79 Å². The van der Waals surface area contributed by atoms with Crippen LogP contribution in [0.1, 0.15) is 27.4 Å². The molecule has 0 atom stereocenters. The van der Waals surface area contributed by atoms with Crippen molar-refractivity contribution >= 4 is 6.29 Å². The monoisotopic (exact) mass is 230 g/mol. The lowest BCUT2D eigenvalue weighted by molar-refractivity contribution is 0.109. The summed E-state index contributed by atoms with van der Waals surface area (Å²) in [5.41, 5.74) is 2.22. The van der Waals surface area contributed by atoms with E-state index in [0.717, 1.165) is 22.6 Å². The van der Waals surface area contributed by atoms with Crippen molar-refractivity contribution in [3.63, 3.8) is 0 Å². The van der Waals surface area contributed by atoms with Crippen LogP contribution in [0, 0.1) is 6.92 Å². The Morgan fingerprint density at radius 2 is 2.12 bits per heavy atom. The smallest absolute Gasteiger partial charge is 0.185 e. The second-order valence-corrected chi connectivity index (χ2v) is 3.90. The highest BCUT2D eigenvalue weighted by molar-refractivity contribution is 5.70. The molecule has 0 bridgehead atoms. The molecular weight excluding hydrogens is 216 g/mol. The Balaban J connectivity index is 2.18. The van der Waals surface area contributed by atoms with Crippen LogP contribution in [0.25, 0.3) is 0 Å². The molecule has 0 radical (unpaired) electrons. The van der Waals surface area contributed by atoms with E-state index < -0.39 is 0 Å². The molecule has 1 aromatic carbocycles. The molecule has 0 saturated heterocycles. The first-order valence-electron chi connectivity index (χ1n) is 5.40. The highest BCUT2D eigenvalue weighted by atomic mass is 16.5. The maximum atomic E-state index is 10.5. The Morgan fingerprint density at radius 3 is 2.71 bits per heavy atom. The van der Waals surface area contributed by atoms with Crippen LogP contribution in [0.5, 0.6) is 5.75 Å². The molecule has 0 unspecified atom stereocenters. The molecule has 0 N–H and O–H groups in total. The predicted molar refractivity (Wildman–Crippen MR) is 64.6 cm³/mol. The van der Waals surface area contributed by atoms with Gasteiger partial charge in [0.25, 0.3) is 0 Å². The number of hydrogen-bond donors (Lipinski definition) is 0. The number of ether oxygens (including phenoxy) is 1. The minimum atomic E-state index is 0.366. The molecule has 0 aliphatic carbocycles. The van der Waals surface area contributed by atoms with Gasteiger partial charge in [0.15, 0.2) is 12.0 Å². The number of carbonyl (C=O) groups is 1. The van der Waals surface area contributed by atoms with E-state index in [1.54, 1.807) is 13.2 Å². The third kappa shape index (κ3) is 2.56. The number of carbonyl (C=O) groups excluding carboxylic acids is 1. The van der Waals surface area contributed by atoms with Crippen LogP contribution in [-0.2, 0) is 6.42 Å². The minimum absolute atomic E-state index is 0.366. The van der Waals surface area contributed by atoms with Crippen molar-refractivity contribution in [3.8, 4) is 5.75 Å². The molecule has 1 aromatic heterocycles. The quantitative estimate of drug-likeness (QED) is 0.758. The molecule has 2 rings (SSSR count). The van der Waals surface area contributed by atoms with E-state index in [1.807, 2.05) is 25.1 Å². The molecule has 88 valence electrons. The normalized spacial score (nSPS) is 10.2.